The quantitative estimate of drug-likeness (QED) is 0.727. The van der Waals surface area contributed by atoms with Crippen LogP contribution in [0.25, 0.3) is 0 Å². The van der Waals surface area contributed by atoms with Crippen LogP contribution in [0.15, 0.2) is 6.33 Å². The maximum absolute atomic E-state index is 13.1. The molecule has 8 nitrogen and oxygen atoms in total. The van der Waals surface area contributed by atoms with Crippen molar-refractivity contribution < 1.29 is 14.3 Å². The highest BCUT2D eigenvalue weighted by atomic mass is 16.5. The van der Waals surface area contributed by atoms with Gasteiger partial charge in [-0.05, 0) is 12.8 Å². The molecule has 0 radical (unpaired) electrons. The number of nitrogens with zero attached hydrogens (tertiary/aromatic N) is 4. The lowest BCUT2D eigenvalue weighted by Crippen LogP contribution is -2.62. The van der Waals surface area contributed by atoms with Crippen LogP contribution in [-0.4, -0.2) is 77.7 Å². The van der Waals surface area contributed by atoms with Crippen LogP contribution >= 0.6 is 0 Å². The van der Waals surface area contributed by atoms with Crippen LogP contribution in [0.1, 0.15) is 37.9 Å². The summed E-state index contributed by atoms with van der Waals surface area (Å²) in [4.78, 5) is 15.5. The maximum atomic E-state index is 13.1. The Morgan fingerprint density at radius 2 is 2.08 bits per heavy atom. The highest BCUT2D eigenvalue weighted by Crippen LogP contribution is 2.34. The number of hydrogen-bond acceptors (Lipinski definition) is 6. The molecule has 2 fully saturated rings. The van der Waals surface area contributed by atoms with E-state index in [1.165, 1.54) is 6.42 Å². The summed E-state index contributed by atoms with van der Waals surface area (Å²) >= 11 is 0. The Bertz CT molecular complexity index is 565. The zero-order valence-electron chi connectivity index (χ0n) is 15.8. The molecule has 1 aromatic rings. The first-order valence-electron chi connectivity index (χ1n) is 9.73. The second-order valence-corrected chi connectivity index (χ2v) is 7.13. The SMILES string of the molecule is COCCn1cnnc1CCNC(=O)C1(N2CCOCC2)CCCCC1. The van der Waals surface area contributed by atoms with Gasteiger partial charge in [0.15, 0.2) is 0 Å². The number of methoxy groups -OCH3 is 1. The van der Waals surface area contributed by atoms with Gasteiger partial charge >= 0.3 is 0 Å². The zero-order chi connectivity index (χ0) is 18.2. The highest BCUT2D eigenvalue weighted by molar-refractivity contribution is 5.86. The van der Waals surface area contributed by atoms with Gasteiger partial charge in [0.25, 0.3) is 0 Å². The number of nitrogens with one attached hydrogen (secondary N) is 1. The van der Waals surface area contributed by atoms with E-state index in [2.05, 4.69) is 20.4 Å². The molecule has 0 atom stereocenters. The van der Waals surface area contributed by atoms with Gasteiger partial charge in [-0.1, -0.05) is 19.3 Å². The van der Waals surface area contributed by atoms with E-state index in [9.17, 15) is 4.79 Å². The summed E-state index contributed by atoms with van der Waals surface area (Å²) in [7, 11) is 1.68. The van der Waals surface area contributed by atoms with E-state index in [1.54, 1.807) is 13.4 Å². The lowest BCUT2D eigenvalue weighted by Gasteiger charge is -2.46. The van der Waals surface area contributed by atoms with Crippen LogP contribution in [-0.2, 0) is 27.2 Å². The second kappa shape index (κ2) is 9.43. The number of hydrogen-bond donors (Lipinski definition) is 1. The van der Waals surface area contributed by atoms with Crippen LogP contribution in [0.5, 0.6) is 0 Å². The third-order valence-electron chi connectivity index (χ3n) is 5.59. The molecular formula is C18H31N5O3. The van der Waals surface area contributed by atoms with Gasteiger partial charge in [-0.25, -0.2) is 0 Å². The van der Waals surface area contributed by atoms with Gasteiger partial charge in [-0.3, -0.25) is 9.69 Å². The zero-order valence-corrected chi connectivity index (χ0v) is 15.8. The molecule has 8 heteroatoms. The van der Waals surface area contributed by atoms with E-state index in [4.69, 9.17) is 9.47 Å². The molecular weight excluding hydrogens is 334 g/mol. The fraction of sp³-hybridized carbons (Fsp3) is 0.833. The second-order valence-electron chi connectivity index (χ2n) is 7.13. The van der Waals surface area contributed by atoms with Crippen molar-refractivity contribution in [3.8, 4) is 0 Å². The van der Waals surface area contributed by atoms with Crippen molar-refractivity contribution in [2.45, 2.75) is 50.6 Å². The summed E-state index contributed by atoms with van der Waals surface area (Å²) in [6.07, 6.45) is 7.75. The van der Waals surface area contributed by atoms with Crippen LogP contribution in [0, 0.1) is 0 Å². The van der Waals surface area contributed by atoms with Crippen molar-refractivity contribution in [1.29, 1.82) is 0 Å². The Hall–Kier alpha value is -1.51. The Morgan fingerprint density at radius 1 is 1.31 bits per heavy atom. The van der Waals surface area contributed by atoms with Gasteiger partial charge in [0, 0.05) is 39.7 Å². The standard InChI is InChI=1S/C18H31N5O3/c1-25-12-9-22-15-20-21-16(22)5-8-19-17(24)18(6-3-2-4-7-18)23-10-13-26-14-11-23/h15H,2-14H2,1H3,(H,19,24). The molecule has 1 N–H and O–H groups in total. The van der Waals surface area contributed by atoms with Gasteiger partial charge in [0.2, 0.25) is 5.91 Å². The topological polar surface area (TPSA) is 81.5 Å². The Balaban J connectivity index is 1.57. The molecule has 1 amide bonds. The summed E-state index contributed by atoms with van der Waals surface area (Å²) in [6.45, 7) is 5.06. The number of aromatic nitrogens is 3. The first-order chi connectivity index (χ1) is 12.8. The van der Waals surface area contributed by atoms with Crippen molar-refractivity contribution in [3.63, 3.8) is 0 Å². The van der Waals surface area contributed by atoms with Crippen molar-refractivity contribution in [3.05, 3.63) is 12.2 Å². The van der Waals surface area contributed by atoms with E-state index in [0.29, 0.717) is 19.6 Å². The average Bonchev–Trinajstić information content (AvgIpc) is 3.14. The minimum Gasteiger partial charge on any atom is -0.383 e. The predicted molar refractivity (Wildman–Crippen MR) is 96.8 cm³/mol. The monoisotopic (exact) mass is 365 g/mol. The summed E-state index contributed by atoms with van der Waals surface area (Å²) in [5, 5.41) is 11.3. The first-order valence-corrected chi connectivity index (χ1v) is 9.73. The molecule has 1 aliphatic carbocycles. The van der Waals surface area contributed by atoms with E-state index in [-0.39, 0.29) is 11.4 Å². The lowest BCUT2D eigenvalue weighted by atomic mass is 9.79. The summed E-state index contributed by atoms with van der Waals surface area (Å²) in [5.41, 5.74) is -0.355. The fourth-order valence-electron chi connectivity index (χ4n) is 4.12. The first kappa shape index (κ1) is 19.3. The van der Waals surface area contributed by atoms with Crippen molar-refractivity contribution in [2.75, 3.05) is 46.6 Å². The summed E-state index contributed by atoms with van der Waals surface area (Å²) in [6, 6.07) is 0. The Morgan fingerprint density at radius 3 is 2.81 bits per heavy atom. The van der Waals surface area contributed by atoms with Crippen LogP contribution in [0.4, 0.5) is 0 Å². The van der Waals surface area contributed by atoms with Crippen LogP contribution in [0.3, 0.4) is 0 Å². The molecule has 26 heavy (non-hydrogen) atoms. The minimum atomic E-state index is -0.355. The molecule has 146 valence electrons. The third kappa shape index (κ3) is 4.42. The van der Waals surface area contributed by atoms with Gasteiger partial charge in [-0.2, -0.15) is 0 Å². The number of carbonyl (C=O) groups is 1. The molecule has 1 aromatic heterocycles. The fourth-order valence-corrected chi connectivity index (χ4v) is 4.12. The van der Waals surface area contributed by atoms with Crippen molar-refractivity contribution in [2.24, 2.45) is 0 Å². The molecule has 0 bridgehead atoms. The van der Waals surface area contributed by atoms with Crippen LogP contribution in [0.2, 0.25) is 0 Å². The smallest absolute Gasteiger partial charge is 0.240 e. The molecule has 1 saturated heterocycles. The molecule has 2 aliphatic rings. The number of carbonyl (C=O) groups excluding carboxylic acids is 1. The van der Waals surface area contributed by atoms with Gasteiger partial charge in [0.05, 0.1) is 19.8 Å². The average molecular weight is 365 g/mol. The largest absolute Gasteiger partial charge is 0.383 e. The molecule has 0 spiro atoms. The highest BCUT2D eigenvalue weighted by Gasteiger charge is 2.44. The van der Waals surface area contributed by atoms with Gasteiger partial charge in [-0.15, -0.1) is 10.2 Å². The summed E-state index contributed by atoms with van der Waals surface area (Å²) in [5.74, 6) is 1.05. The normalized spacial score (nSPS) is 20.8. The number of amides is 1. The van der Waals surface area contributed by atoms with E-state index < -0.39 is 0 Å². The Kier molecular flexibility index (Phi) is 6.99. The molecule has 2 heterocycles. The lowest BCUT2D eigenvalue weighted by molar-refractivity contribution is -0.140. The molecule has 0 unspecified atom stereocenters. The minimum absolute atomic E-state index is 0.169. The maximum Gasteiger partial charge on any atom is 0.240 e. The third-order valence-corrected chi connectivity index (χ3v) is 5.59. The van der Waals surface area contributed by atoms with Crippen molar-refractivity contribution >= 4 is 5.91 Å². The molecule has 1 aliphatic heterocycles. The van der Waals surface area contributed by atoms with Crippen molar-refractivity contribution in [1.82, 2.24) is 25.0 Å². The summed E-state index contributed by atoms with van der Waals surface area (Å²) < 4.78 is 12.6. The van der Waals surface area contributed by atoms with E-state index in [0.717, 1.165) is 64.4 Å². The number of rotatable bonds is 8. The van der Waals surface area contributed by atoms with E-state index >= 15 is 0 Å². The molecule has 0 aromatic carbocycles. The van der Waals surface area contributed by atoms with Gasteiger partial charge in [0.1, 0.15) is 17.7 Å². The van der Waals surface area contributed by atoms with Crippen LogP contribution < -0.4 is 5.32 Å². The predicted octanol–water partition coefficient (Wildman–Crippen LogP) is 0.618. The molecule has 3 rings (SSSR count). The van der Waals surface area contributed by atoms with E-state index in [1.807, 2.05) is 4.57 Å². The van der Waals surface area contributed by atoms with Gasteiger partial charge < -0.3 is 19.4 Å². The molecule has 1 saturated carbocycles. The number of morpholine rings is 1. The Labute approximate surface area is 155 Å². The number of ether oxygens (including phenoxy) is 2.